The molecule has 0 amide bonds. The van der Waals surface area contributed by atoms with Gasteiger partial charge in [-0.15, -0.1) is 0 Å². The molecule has 0 bridgehead atoms. The molecular formula is C14H20N2O3. The van der Waals surface area contributed by atoms with E-state index in [0.29, 0.717) is 13.2 Å². The minimum absolute atomic E-state index is 0.0276. The molecule has 1 aliphatic heterocycles. The highest BCUT2D eigenvalue weighted by Crippen LogP contribution is 2.53. The second-order valence-electron chi connectivity index (χ2n) is 5.64. The van der Waals surface area contributed by atoms with Crippen LogP contribution in [0.25, 0.3) is 5.53 Å². The second-order valence-corrected chi connectivity index (χ2v) is 5.64. The molecule has 104 valence electrons. The number of allylic oxidation sites excluding steroid dienone is 1. The van der Waals surface area contributed by atoms with Crippen LogP contribution in [-0.2, 0) is 14.3 Å². The van der Waals surface area contributed by atoms with E-state index in [9.17, 15) is 4.79 Å². The SMILES string of the molecule is C=C1CCC2(OCCO2)C(C)C1(C)CC(=O)C=[N+]=[N-]. The van der Waals surface area contributed by atoms with Gasteiger partial charge in [-0.05, 0) is 6.42 Å². The number of hydrogen-bond acceptors (Lipinski definition) is 3. The van der Waals surface area contributed by atoms with Crippen molar-refractivity contribution in [1.29, 1.82) is 0 Å². The first kappa shape index (κ1) is 14.1. The maximum Gasteiger partial charge on any atom is 0.323 e. The lowest BCUT2D eigenvalue weighted by atomic mass is 9.60. The van der Waals surface area contributed by atoms with Crippen molar-refractivity contribution in [2.45, 2.75) is 38.9 Å². The van der Waals surface area contributed by atoms with E-state index >= 15 is 0 Å². The van der Waals surface area contributed by atoms with Gasteiger partial charge in [0.1, 0.15) is 0 Å². The van der Waals surface area contributed by atoms with Crippen LogP contribution in [-0.4, -0.2) is 35.8 Å². The average molecular weight is 264 g/mol. The van der Waals surface area contributed by atoms with Gasteiger partial charge >= 0.3 is 6.21 Å². The third-order valence-electron chi connectivity index (χ3n) is 4.72. The van der Waals surface area contributed by atoms with Crippen LogP contribution in [0.5, 0.6) is 0 Å². The number of carbonyl (C=O) groups excluding carboxylic acids is 1. The maximum atomic E-state index is 11.8. The third kappa shape index (κ3) is 2.29. The van der Waals surface area contributed by atoms with Crippen molar-refractivity contribution in [3.8, 4) is 0 Å². The van der Waals surface area contributed by atoms with E-state index in [1.165, 1.54) is 0 Å². The summed E-state index contributed by atoms with van der Waals surface area (Å²) < 4.78 is 11.6. The van der Waals surface area contributed by atoms with Gasteiger partial charge in [0, 0.05) is 24.2 Å². The number of rotatable bonds is 3. The maximum absolute atomic E-state index is 11.8. The zero-order valence-electron chi connectivity index (χ0n) is 11.5. The minimum Gasteiger partial charge on any atom is -0.361 e. The molecule has 2 aliphatic rings. The Morgan fingerprint density at radius 3 is 2.79 bits per heavy atom. The summed E-state index contributed by atoms with van der Waals surface area (Å²) in [5.74, 6) is -0.778. The zero-order valence-corrected chi connectivity index (χ0v) is 11.5. The van der Waals surface area contributed by atoms with Crippen molar-refractivity contribution in [2.24, 2.45) is 11.3 Å². The molecule has 0 aromatic heterocycles. The summed E-state index contributed by atoms with van der Waals surface area (Å²) in [5.41, 5.74) is 9.09. The predicted octanol–water partition coefficient (Wildman–Crippen LogP) is 1.98. The topological polar surface area (TPSA) is 71.9 Å². The van der Waals surface area contributed by atoms with Crippen LogP contribution < -0.4 is 0 Å². The summed E-state index contributed by atoms with van der Waals surface area (Å²) in [4.78, 5) is 14.6. The fraction of sp³-hybridized carbons (Fsp3) is 0.714. The van der Waals surface area contributed by atoms with Crippen LogP contribution in [0.3, 0.4) is 0 Å². The molecule has 1 saturated carbocycles. The van der Waals surface area contributed by atoms with Gasteiger partial charge in [-0.2, -0.15) is 4.79 Å². The van der Waals surface area contributed by atoms with Gasteiger partial charge in [-0.25, -0.2) is 0 Å². The summed E-state index contributed by atoms with van der Waals surface area (Å²) in [6.45, 7) is 9.36. The van der Waals surface area contributed by atoms with E-state index in [0.717, 1.165) is 24.6 Å². The number of nitrogens with zero attached hydrogens (tertiary/aromatic N) is 2. The third-order valence-corrected chi connectivity index (χ3v) is 4.72. The van der Waals surface area contributed by atoms with E-state index in [1.54, 1.807) is 0 Å². The van der Waals surface area contributed by atoms with E-state index in [2.05, 4.69) is 11.4 Å². The standard InChI is InChI=1S/C14H20N2O3/c1-10-4-5-14(18-6-7-19-14)11(2)13(10,3)8-12(17)9-16-15/h9,11H,1,4-8H2,2-3H3. The molecule has 0 radical (unpaired) electrons. The summed E-state index contributed by atoms with van der Waals surface area (Å²) in [7, 11) is 0. The normalized spacial score (nSPS) is 33.2. The first-order chi connectivity index (χ1) is 8.94. The lowest BCUT2D eigenvalue weighted by Crippen LogP contribution is -2.51. The molecule has 2 rings (SSSR count). The Morgan fingerprint density at radius 2 is 2.21 bits per heavy atom. The first-order valence-corrected chi connectivity index (χ1v) is 6.61. The average Bonchev–Trinajstić information content (AvgIpc) is 2.83. The molecule has 1 aliphatic carbocycles. The van der Waals surface area contributed by atoms with Gasteiger partial charge in [0.2, 0.25) is 5.78 Å². The van der Waals surface area contributed by atoms with Crippen molar-refractivity contribution in [3.05, 3.63) is 17.7 Å². The number of hydrogen-bond donors (Lipinski definition) is 0. The fourth-order valence-electron chi connectivity index (χ4n) is 3.23. The summed E-state index contributed by atoms with van der Waals surface area (Å²) in [6, 6.07) is 0. The van der Waals surface area contributed by atoms with Gasteiger partial charge in [-0.3, -0.25) is 4.79 Å². The highest BCUT2D eigenvalue weighted by atomic mass is 16.7. The van der Waals surface area contributed by atoms with Crippen molar-refractivity contribution in [2.75, 3.05) is 13.2 Å². The van der Waals surface area contributed by atoms with E-state index in [-0.39, 0.29) is 18.1 Å². The largest absolute Gasteiger partial charge is 0.361 e. The number of ketones is 1. The van der Waals surface area contributed by atoms with Gasteiger partial charge in [0.15, 0.2) is 5.79 Å². The highest BCUT2D eigenvalue weighted by Gasteiger charge is 2.54. The van der Waals surface area contributed by atoms with E-state index < -0.39 is 11.2 Å². The van der Waals surface area contributed by atoms with Gasteiger partial charge in [0.05, 0.1) is 13.2 Å². The Kier molecular flexibility index (Phi) is 3.72. The molecular weight excluding hydrogens is 244 g/mol. The Hall–Kier alpha value is -1.29. The van der Waals surface area contributed by atoms with Gasteiger partial charge in [-0.1, -0.05) is 26.0 Å². The molecule has 19 heavy (non-hydrogen) atoms. The van der Waals surface area contributed by atoms with Crippen molar-refractivity contribution >= 4 is 12.0 Å². The quantitative estimate of drug-likeness (QED) is 0.338. The van der Waals surface area contributed by atoms with Crippen molar-refractivity contribution in [1.82, 2.24) is 0 Å². The number of ether oxygens (including phenoxy) is 2. The van der Waals surface area contributed by atoms with Gasteiger partial charge < -0.3 is 15.0 Å². The summed E-state index contributed by atoms with van der Waals surface area (Å²) in [6.07, 6.45) is 2.77. The van der Waals surface area contributed by atoms with Crippen molar-refractivity contribution in [3.63, 3.8) is 0 Å². The molecule has 2 fully saturated rings. The molecule has 1 heterocycles. The van der Waals surface area contributed by atoms with Crippen LogP contribution in [0.15, 0.2) is 12.2 Å². The molecule has 0 N–H and O–H groups in total. The molecule has 5 nitrogen and oxygen atoms in total. The van der Waals surface area contributed by atoms with Crippen molar-refractivity contribution < 1.29 is 19.1 Å². The lowest BCUT2D eigenvalue weighted by Gasteiger charge is -2.49. The zero-order chi connectivity index (χ0) is 14.1. The molecule has 5 heteroatoms. The van der Waals surface area contributed by atoms with Crippen LogP contribution in [0, 0.1) is 11.3 Å². The molecule has 2 atom stereocenters. The van der Waals surface area contributed by atoms with Crippen LogP contribution in [0.1, 0.15) is 33.1 Å². The summed E-state index contributed by atoms with van der Waals surface area (Å²) >= 11 is 0. The van der Waals surface area contributed by atoms with E-state index in [4.69, 9.17) is 15.0 Å². The fourth-order valence-corrected chi connectivity index (χ4v) is 3.23. The number of carbonyl (C=O) groups is 1. The number of Topliss-reactive ketones (excluding diaryl/α,β-unsaturated/α-hetero) is 1. The summed E-state index contributed by atoms with van der Waals surface area (Å²) in [5, 5.41) is 0. The second kappa shape index (κ2) is 5.00. The molecule has 0 aromatic carbocycles. The predicted molar refractivity (Wildman–Crippen MR) is 69.6 cm³/mol. The molecule has 2 unspecified atom stereocenters. The van der Waals surface area contributed by atoms with E-state index in [1.807, 2.05) is 13.8 Å². The lowest BCUT2D eigenvalue weighted by molar-refractivity contribution is -0.226. The molecule has 1 saturated heterocycles. The minimum atomic E-state index is -0.591. The van der Waals surface area contributed by atoms with Crippen LogP contribution in [0.2, 0.25) is 0 Å². The highest BCUT2D eigenvalue weighted by molar-refractivity contribution is 6.25. The monoisotopic (exact) mass is 264 g/mol. The Balaban J connectivity index is 2.27. The van der Waals surface area contributed by atoms with Gasteiger partial charge in [0.25, 0.3) is 0 Å². The van der Waals surface area contributed by atoms with Crippen LogP contribution >= 0.6 is 0 Å². The van der Waals surface area contributed by atoms with Crippen LogP contribution in [0.4, 0.5) is 0 Å². The first-order valence-electron chi connectivity index (χ1n) is 6.61. The molecule has 0 aromatic rings. The Bertz CT molecular complexity index is 448. The smallest absolute Gasteiger partial charge is 0.323 e. The Morgan fingerprint density at radius 1 is 1.58 bits per heavy atom. The molecule has 1 spiro atoms. The Labute approximate surface area is 113 Å².